The molecule has 1 N–H and O–H groups in total. The third kappa shape index (κ3) is 4.18. The Bertz CT molecular complexity index is 411. The second kappa shape index (κ2) is 6.16. The molecule has 18 heavy (non-hydrogen) atoms. The first-order chi connectivity index (χ1) is 8.45. The van der Waals surface area contributed by atoms with Gasteiger partial charge >= 0.3 is 11.9 Å². The molecule has 1 rings (SSSR count). The lowest BCUT2D eigenvalue weighted by atomic mass is 10.0. The van der Waals surface area contributed by atoms with Gasteiger partial charge < -0.3 is 14.6 Å². The summed E-state index contributed by atoms with van der Waals surface area (Å²) in [7, 11) is 1.14. The molecule has 0 spiro atoms. The maximum atomic E-state index is 11.5. The van der Waals surface area contributed by atoms with Crippen molar-refractivity contribution in [1.82, 2.24) is 0 Å². The summed E-state index contributed by atoms with van der Waals surface area (Å²) in [5.74, 6) is -1.52. The first kappa shape index (κ1) is 14.2. The predicted molar refractivity (Wildman–Crippen MR) is 63.5 cm³/mol. The predicted octanol–water partition coefficient (Wildman–Crippen LogP) is 1.04. The average Bonchev–Trinajstić information content (AvgIpc) is 2.36. The van der Waals surface area contributed by atoms with Gasteiger partial charge in [-0.05, 0) is 12.5 Å². The Labute approximate surface area is 105 Å². The van der Waals surface area contributed by atoms with Gasteiger partial charge in [-0.3, -0.25) is 4.79 Å². The van der Waals surface area contributed by atoms with Gasteiger partial charge in [0.1, 0.15) is 6.61 Å². The highest BCUT2D eigenvalue weighted by Gasteiger charge is 2.34. The van der Waals surface area contributed by atoms with E-state index in [9.17, 15) is 14.7 Å². The van der Waals surface area contributed by atoms with Gasteiger partial charge in [-0.25, -0.2) is 4.79 Å². The van der Waals surface area contributed by atoms with Crippen molar-refractivity contribution in [2.45, 2.75) is 25.6 Å². The number of carbonyl (C=O) groups excluding carboxylic acids is 2. The van der Waals surface area contributed by atoms with Gasteiger partial charge in [-0.15, -0.1) is 0 Å². The van der Waals surface area contributed by atoms with E-state index in [2.05, 4.69) is 4.74 Å². The maximum Gasteiger partial charge on any atom is 0.338 e. The van der Waals surface area contributed by atoms with Gasteiger partial charge in [-0.2, -0.15) is 0 Å². The molecule has 0 heterocycles. The van der Waals surface area contributed by atoms with E-state index in [0.717, 1.165) is 12.7 Å². The fraction of sp³-hybridized carbons (Fsp3) is 0.385. The minimum Gasteiger partial charge on any atom is -0.467 e. The molecular formula is C13H16O5. The monoisotopic (exact) mass is 252 g/mol. The summed E-state index contributed by atoms with van der Waals surface area (Å²) in [5, 5.41) is 9.68. The normalized spacial score (nSPS) is 13.5. The number of hydrogen-bond acceptors (Lipinski definition) is 5. The largest absolute Gasteiger partial charge is 0.467 e. The van der Waals surface area contributed by atoms with E-state index < -0.39 is 24.0 Å². The van der Waals surface area contributed by atoms with Crippen molar-refractivity contribution in [1.29, 1.82) is 0 Å². The first-order valence-electron chi connectivity index (χ1n) is 5.46. The molecule has 0 bridgehead atoms. The summed E-state index contributed by atoms with van der Waals surface area (Å²) in [6.45, 7) is 1.32. The zero-order valence-electron chi connectivity index (χ0n) is 10.4. The number of benzene rings is 1. The summed E-state index contributed by atoms with van der Waals surface area (Å²) in [5.41, 5.74) is -1.02. The van der Waals surface area contributed by atoms with Crippen molar-refractivity contribution in [2.24, 2.45) is 0 Å². The van der Waals surface area contributed by atoms with Crippen LogP contribution in [0.5, 0.6) is 0 Å². The molecule has 0 unspecified atom stereocenters. The standard InChI is InChI=1S/C13H16O5/c1-13(16,12(15)17-2)8-11(14)18-9-10-6-4-3-5-7-10/h3-7,16H,8-9H2,1-2H3/t13-/m0/s1. The molecule has 0 fully saturated rings. The molecule has 0 saturated carbocycles. The van der Waals surface area contributed by atoms with E-state index in [1.807, 2.05) is 30.3 Å². The van der Waals surface area contributed by atoms with E-state index >= 15 is 0 Å². The Morgan fingerprint density at radius 2 is 1.89 bits per heavy atom. The van der Waals surface area contributed by atoms with Crippen LogP contribution in [0.2, 0.25) is 0 Å². The summed E-state index contributed by atoms with van der Waals surface area (Å²) in [6, 6.07) is 9.13. The lowest BCUT2D eigenvalue weighted by Crippen LogP contribution is -2.38. The van der Waals surface area contributed by atoms with Crippen LogP contribution in [0.25, 0.3) is 0 Å². The van der Waals surface area contributed by atoms with Crippen molar-refractivity contribution in [3.63, 3.8) is 0 Å². The number of hydrogen-bond donors (Lipinski definition) is 1. The number of rotatable bonds is 5. The van der Waals surface area contributed by atoms with E-state index in [1.165, 1.54) is 6.92 Å². The Morgan fingerprint density at radius 3 is 2.44 bits per heavy atom. The van der Waals surface area contributed by atoms with Crippen LogP contribution >= 0.6 is 0 Å². The zero-order valence-corrected chi connectivity index (χ0v) is 10.4. The summed E-state index contributed by atoms with van der Waals surface area (Å²) < 4.78 is 9.33. The Balaban J connectivity index is 2.45. The molecule has 0 aromatic heterocycles. The van der Waals surface area contributed by atoms with Gasteiger partial charge in [0.05, 0.1) is 13.5 Å². The molecule has 0 radical (unpaired) electrons. The van der Waals surface area contributed by atoms with Crippen molar-refractivity contribution in [3.8, 4) is 0 Å². The molecule has 1 aromatic rings. The Hall–Kier alpha value is -1.88. The highest BCUT2D eigenvalue weighted by molar-refractivity contribution is 5.85. The van der Waals surface area contributed by atoms with E-state index in [4.69, 9.17) is 4.74 Å². The van der Waals surface area contributed by atoms with Gasteiger partial charge in [0.15, 0.2) is 5.60 Å². The number of carbonyl (C=O) groups is 2. The SMILES string of the molecule is COC(=O)[C@@](C)(O)CC(=O)OCc1ccccc1. The molecule has 0 aliphatic carbocycles. The van der Waals surface area contributed by atoms with Crippen LogP contribution in [-0.4, -0.2) is 29.8 Å². The molecular weight excluding hydrogens is 236 g/mol. The molecule has 0 aliphatic heterocycles. The summed E-state index contributed by atoms with van der Waals surface area (Å²) >= 11 is 0. The molecule has 98 valence electrons. The molecule has 0 amide bonds. The average molecular weight is 252 g/mol. The van der Waals surface area contributed by atoms with E-state index in [0.29, 0.717) is 0 Å². The summed E-state index contributed by atoms with van der Waals surface area (Å²) in [4.78, 5) is 22.6. The molecule has 5 heteroatoms. The number of aliphatic hydroxyl groups is 1. The highest BCUT2D eigenvalue weighted by atomic mass is 16.5. The van der Waals surface area contributed by atoms with Gasteiger partial charge in [0, 0.05) is 0 Å². The summed E-state index contributed by atoms with van der Waals surface area (Å²) in [6.07, 6.45) is -0.438. The van der Waals surface area contributed by atoms with Crippen molar-refractivity contribution >= 4 is 11.9 Å². The lowest BCUT2D eigenvalue weighted by molar-refractivity contribution is -0.168. The molecule has 0 aliphatic rings. The zero-order chi connectivity index (χ0) is 13.6. The van der Waals surface area contributed by atoms with E-state index in [1.54, 1.807) is 0 Å². The van der Waals surface area contributed by atoms with Crippen LogP contribution in [0.15, 0.2) is 30.3 Å². The first-order valence-corrected chi connectivity index (χ1v) is 5.46. The molecule has 5 nitrogen and oxygen atoms in total. The maximum absolute atomic E-state index is 11.5. The van der Waals surface area contributed by atoms with Crippen LogP contribution < -0.4 is 0 Å². The minimum absolute atomic E-state index is 0.108. The third-order valence-corrected chi connectivity index (χ3v) is 2.36. The number of ether oxygens (including phenoxy) is 2. The van der Waals surface area contributed by atoms with Crippen molar-refractivity contribution in [3.05, 3.63) is 35.9 Å². The molecule has 1 aromatic carbocycles. The Kier molecular flexibility index (Phi) is 4.85. The van der Waals surface area contributed by atoms with Crippen LogP contribution in [0.3, 0.4) is 0 Å². The smallest absolute Gasteiger partial charge is 0.338 e. The third-order valence-electron chi connectivity index (χ3n) is 2.36. The molecule has 0 saturated heterocycles. The number of esters is 2. The van der Waals surface area contributed by atoms with Crippen LogP contribution in [-0.2, 0) is 25.7 Å². The topological polar surface area (TPSA) is 72.8 Å². The quantitative estimate of drug-likeness (QED) is 0.793. The number of methoxy groups -OCH3 is 1. The lowest BCUT2D eigenvalue weighted by Gasteiger charge is -2.18. The van der Waals surface area contributed by atoms with Gasteiger partial charge in [-0.1, -0.05) is 30.3 Å². The van der Waals surface area contributed by atoms with E-state index in [-0.39, 0.29) is 6.61 Å². The van der Waals surface area contributed by atoms with Crippen LogP contribution in [0, 0.1) is 0 Å². The van der Waals surface area contributed by atoms with Crippen molar-refractivity contribution < 1.29 is 24.2 Å². The van der Waals surface area contributed by atoms with Crippen LogP contribution in [0.1, 0.15) is 18.9 Å². The molecule has 1 atom stereocenters. The fourth-order valence-corrected chi connectivity index (χ4v) is 1.36. The Morgan fingerprint density at radius 1 is 1.28 bits per heavy atom. The second-order valence-electron chi connectivity index (χ2n) is 4.09. The minimum atomic E-state index is -1.86. The van der Waals surface area contributed by atoms with Crippen molar-refractivity contribution in [2.75, 3.05) is 7.11 Å². The van der Waals surface area contributed by atoms with Gasteiger partial charge in [0.25, 0.3) is 0 Å². The highest BCUT2D eigenvalue weighted by Crippen LogP contribution is 2.13. The van der Waals surface area contributed by atoms with Gasteiger partial charge in [0.2, 0.25) is 0 Å². The fourth-order valence-electron chi connectivity index (χ4n) is 1.36. The second-order valence-corrected chi connectivity index (χ2v) is 4.09. The van der Waals surface area contributed by atoms with Crippen LogP contribution in [0.4, 0.5) is 0 Å².